The number of ketones is 1. The zero-order valence-corrected chi connectivity index (χ0v) is 20.2. The molecule has 2 aliphatic rings. The lowest BCUT2D eigenvalue weighted by atomic mass is 9.87. The van der Waals surface area contributed by atoms with Crippen LogP contribution in [-0.2, 0) is 28.1 Å². The maximum absolute atomic E-state index is 12.9. The first-order chi connectivity index (χ1) is 16.1. The molecule has 1 saturated carbocycles. The highest BCUT2D eigenvalue weighted by molar-refractivity contribution is 6.02. The summed E-state index contributed by atoms with van der Waals surface area (Å²) in [4.78, 5) is 39.4. The average Bonchev–Trinajstić information content (AvgIpc) is 3.11. The molecule has 2 N–H and O–H groups in total. The van der Waals surface area contributed by atoms with Crippen molar-refractivity contribution in [2.24, 2.45) is 0 Å². The van der Waals surface area contributed by atoms with Gasteiger partial charge in [-0.2, -0.15) is 0 Å². The van der Waals surface area contributed by atoms with Crippen molar-refractivity contribution in [1.29, 1.82) is 0 Å². The smallest absolute Gasteiger partial charge is 0.255 e. The molecule has 1 fully saturated rings. The Kier molecular flexibility index (Phi) is 6.60. The number of benzene rings is 2. The largest absolute Gasteiger partial charge is 0.376 e. The molecule has 2 aromatic carbocycles. The second kappa shape index (κ2) is 9.45. The van der Waals surface area contributed by atoms with Gasteiger partial charge in [0.05, 0.1) is 12.6 Å². The van der Waals surface area contributed by atoms with Crippen LogP contribution in [0.25, 0.3) is 0 Å². The summed E-state index contributed by atoms with van der Waals surface area (Å²) in [6, 6.07) is 13.4. The third-order valence-corrected chi connectivity index (χ3v) is 6.64. The zero-order chi connectivity index (χ0) is 24.5. The molecule has 4 rings (SSSR count). The van der Waals surface area contributed by atoms with Crippen LogP contribution in [0.1, 0.15) is 67.1 Å². The number of rotatable bonds is 6. The van der Waals surface area contributed by atoms with Crippen LogP contribution < -0.4 is 10.6 Å². The highest BCUT2D eigenvalue weighted by Gasteiger charge is 2.37. The summed E-state index contributed by atoms with van der Waals surface area (Å²) in [5.41, 5.74) is 5.67. The Morgan fingerprint density at radius 3 is 2.53 bits per heavy atom. The Hall–Kier alpha value is -3.41. The molecular weight excluding hydrogens is 426 g/mol. The lowest BCUT2D eigenvalue weighted by Gasteiger charge is -2.30. The fraction of sp³-hybridized carbons (Fsp3) is 0.393. The van der Waals surface area contributed by atoms with E-state index < -0.39 is 0 Å². The van der Waals surface area contributed by atoms with Crippen molar-refractivity contribution in [3.63, 3.8) is 0 Å². The number of nitrogens with one attached hydrogen (secondary N) is 2. The van der Waals surface area contributed by atoms with Crippen molar-refractivity contribution in [2.75, 3.05) is 11.9 Å². The van der Waals surface area contributed by atoms with Gasteiger partial charge in [0.2, 0.25) is 5.91 Å². The van der Waals surface area contributed by atoms with E-state index in [9.17, 15) is 14.4 Å². The zero-order valence-electron chi connectivity index (χ0n) is 20.2. The summed E-state index contributed by atoms with van der Waals surface area (Å²) in [5, 5.41) is 6.08. The number of carbonyl (C=O) groups excluding carboxylic acids is 3. The van der Waals surface area contributed by atoms with Crippen molar-refractivity contribution in [3.05, 3.63) is 76.9 Å². The molecule has 0 aromatic heterocycles. The average molecular weight is 460 g/mol. The second-order valence-electron chi connectivity index (χ2n) is 10.3. The number of carbonyl (C=O) groups is 3. The number of hydrogen-bond acceptors (Lipinski definition) is 4. The molecule has 0 unspecified atom stereocenters. The van der Waals surface area contributed by atoms with Gasteiger partial charge in [0.25, 0.3) is 5.91 Å². The van der Waals surface area contributed by atoms with Gasteiger partial charge in [-0.1, -0.05) is 57.2 Å². The van der Waals surface area contributed by atoms with Gasteiger partial charge in [-0.05, 0) is 53.1 Å². The minimum absolute atomic E-state index is 0.0745. The molecule has 2 aromatic rings. The van der Waals surface area contributed by atoms with Gasteiger partial charge in [0, 0.05) is 30.8 Å². The first-order valence-electron chi connectivity index (χ1n) is 11.8. The first-order valence-corrected chi connectivity index (χ1v) is 11.8. The maximum Gasteiger partial charge on any atom is 0.255 e. The number of Topliss-reactive ketones (excluding diaryl/α,β-unsaturated/α-hetero) is 1. The van der Waals surface area contributed by atoms with Gasteiger partial charge in [0.1, 0.15) is 0 Å². The monoisotopic (exact) mass is 459 g/mol. The van der Waals surface area contributed by atoms with Crippen molar-refractivity contribution < 1.29 is 14.4 Å². The van der Waals surface area contributed by atoms with E-state index >= 15 is 0 Å². The number of amides is 2. The first kappa shape index (κ1) is 23.7. The molecule has 2 amide bonds. The molecule has 0 spiro atoms. The van der Waals surface area contributed by atoms with Crippen molar-refractivity contribution in [2.45, 2.75) is 64.6 Å². The highest BCUT2D eigenvalue weighted by atomic mass is 16.2. The molecule has 1 atom stereocenters. The number of nitrogens with zero attached hydrogens (tertiary/aromatic N) is 1. The summed E-state index contributed by atoms with van der Waals surface area (Å²) < 4.78 is 0. The van der Waals surface area contributed by atoms with Gasteiger partial charge >= 0.3 is 0 Å². The number of hydrogen-bond donors (Lipinski definition) is 2. The predicted molar refractivity (Wildman–Crippen MR) is 134 cm³/mol. The van der Waals surface area contributed by atoms with Gasteiger partial charge in [-0.15, -0.1) is 0 Å². The van der Waals surface area contributed by atoms with E-state index in [0.29, 0.717) is 31.5 Å². The molecule has 0 radical (unpaired) electrons. The van der Waals surface area contributed by atoms with Crippen LogP contribution in [0.15, 0.2) is 54.6 Å². The summed E-state index contributed by atoms with van der Waals surface area (Å²) in [6.07, 6.45) is 1.78. The molecule has 1 aliphatic heterocycles. The third kappa shape index (κ3) is 5.22. The normalized spacial score (nSPS) is 18.1. The second-order valence-corrected chi connectivity index (χ2v) is 10.3. The maximum atomic E-state index is 12.9. The van der Waals surface area contributed by atoms with Gasteiger partial charge in [-0.25, -0.2) is 0 Å². The summed E-state index contributed by atoms with van der Waals surface area (Å²) in [5.74, 6) is -0.116. The van der Waals surface area contributed by atoms with Crippen LogP contribution in [0.2, 0.25) is 0 Å². The van der Waals surface area contributed by atoms with Crippen LogP contribution in [0.5, 0.6) is 0 Å². The minimum atomic E-state index is -0.364. The number of allylic oxidation sites excluding steroid dienone is 1. The molecule has 0 bridgehead atoms. The SMILES string of the molecule is C=C1CC[C@H](N2Cc3cc(CNC(=O)CNc4ccc(C(C)(C)C)cc4)ccc3C2=O)C(=O)C1. The quantitative estimate of drug-likeness (QED) is 0.630. The summed E-state index contributed by atoms with van der Waals surface area (Å²) in [6.45, 7) is 11.4. The molecule has 1 aliphatic carbocycles. The van der Waals surface area contributed by atoms with E-state index in [4.69, 9.17) is 0 Å². The van der Waals surface area contributed by atoms with E-state index in [1.165, 1.54) is 5.56 Å². The van der Waals surface area contributed by atoms with Crippen LogP contribution >= 0.6 is 0 Å². The van der Waals surface area contributed by atoms with E-state index in [1.807, 2.05) is 24.3 Å². The van der Waals surface area contributed by atoms with Crippen LogP contribution in [0.3, 0.4) is 0 Å². The third-order valence-electron chi connectivity index (χ3n) is 6.64. The van der Waals surface area contributed by atoms with E-state index in [1.54, 1.807) is 11.0 Å². The standard InChI is InChI=1S/C28H33N3O3/c1-18-5-12-24(25(32)13-18)31-17-20-14-19(6-11-23(20)27(31)34)15-30-26(33)16-29-22-9-7-21(8-10-22)28(2,3)4/h6-11,14,24,29H,1,5,12-13,15-17H2,2-4H3,(H,30,33)/t24-/m0/s1. The predicted octanol–water partition coefficient (Wildman–Crippen LogP) is 4.35. The summed E-state index contributed by atoms with van der Waals surface area (Å²) in [7, 11) is 0. The minimum Gasteiger partial charge on any atom is -0.376 e. The Morgan fingerprint density at radius 2 is 1.85 bits per heavy atom. The van der Waals surface area contributed by atoms with Crippen molar-refractivity contribution in [1.82, 2.24) is 10.2 Å². The molecule has 1 heterocycles. The van der Waals surface area contributed by atoms with Crippen LogP contribution in [0.4, 0.5) is 5.69 Å². The Balaban J connectivity index is 1.30. The summed E-state index contributed by atoms with van der Waals surface area (Å²) >= 11 is 0. The lowest BCUT2D eigenvalue weighted by Crippen LogP contribution is -2.43. The molecule has 0 saturated heterocycles. The topological polar surface area (TPSA) is 78.5 Å². The van der Waals surface area contributed by atoms with Crippen LogP contribution in [0, 0.1) is 0 Å². The number of anilines is 1. The van der Waals surface area contributed by atoms with Crippen molar-refractivity contribution >= 4 is 23.3 Å². The molecule has 34 heavy (non-hydrogen) atoms. The molecule has 6 heteroatoms. The highest BCUT2D eigenvalue weighted by Crippen LogP contribution is 2.31. The molecule has 178 valence electrons. The Morgan fingerprint density at radius 1 is 1.12 bits per heavy atom. The van der Waals surface area contributed by atoms with E-state index in [-0.39, 0.29) is 35.6 Å². The Labute approximate surface area is 201 Å². The van der Waals surface area contributed by atoms with Gasteiger partial charge in [-0.3, -0.25) is 14.4 Å². The number of fused-ring (bicyclic) bond motifs is 1. The Bertz CT molecular complexity index is 1130. The lowest BCUT2D eigenvalue weighted by molar-refractivity contribution is -0.124. The van der Waals surface area contributed by atoms with Gasteiger partial charge < -0.3 is 15.5 Å². The van der Waals surface area contributed by atoms with Crippen LogP contribution in [-0.4, -0.2) is 35.1 Å². The fourth-order valence-electron chi connectivity index (χ4n) is 4.58. The molecule has 6 nitrogen and oxygen atoms in total. The van der Waals surface area contributed by atoms with E-state index in [2.05, 4.69) is 50.1 Å². The fourth-order valence-corrected chi connectivity index (χ4v) is 4.58. The van der Waals surface area contributed by atoms with E-state index in [0.717, 1.165) is 28.8 Å². The van der Waals surface area contributed by atoms with Crippen molar-refractivity contribution in [3.8, 4) is 0 Å². The molecular formula is C28H33N3O3. The van der Waals surface area contributed by atoms with Gasteiger partial charge in [0.15, 0.2) is 5.78 Å².